The Kier molecular flexibility index (Phi) is 6.93. The van der Waals surface area contributed by atoms with Crippen molar-refractivity contribution in [3.63, 3.8) is 0 Å². The smallest absolute Gasteiger partial charge is 0.410 e. The number of hydrogen-bond acceptors (Lipinski definition) is 7. The summed E-state index contributed by atoms with van der Waals surface area (Å²) in [6.07, 6.45) is 6.70. The fourth-order valence-electron chi connectivity index (χ4n) is 6.50. The molecular weight excluding hydrogens is 563 g/mol. The molecule has 0 radical (unpaired) electrons. The molecular formula is C33H37FN6O4. The number of amides is 3. The van der Waals surface area contributed by atoms with Gasteiger partial charge in [0.25, 0.3) is 11.8 Å². The Bertz CT molecular complexity index is 1590. The predicted octanol–water partition coefficient (Wildman–Crippen LogP) is 5.27. The molecule has 3 fully saturated rings. The van der Waals surface area contributed by atoms with Crippen LogP contribution in [0.4, 0.5) is 14.9 Å². The minimum atomic E-state index is -0.567. The first kappa shape index (κ1) is 28.5. The zero-order chi connectivity index (χ0) is 30.7. The molecule has 0 bridgehead atoms. The molecule has 1 saturated heterocycles. The summed E-state index contributed by atoms with van der Waals surface area (Å²) in [5, 5.41) is 5.02. The molecule has 11 heteroatoms. The van der Waals surface area contributed by atoms with Crippen LogP contribution in [0.3, 0.4) is 0 Å². The molecule has 0 spiro atoms. The van der Waals surface area contributed by atoms with Crippen molar-refractivity contribution in [3.8, 4) is 11.3 Å². The third kappa shape index (κ3) is 5.33. The quantitative estimate of drug-likeness (QED) is 0.356. The summed E-state index contributed by atoms with van der Waals surface area (Å²) in [6, 6.07) is 8.67. The Labute approximate surface area is 255 Å². The highest BCUT2D eigenvalue weighted by Gasteiger charge is 2.41. The number of anilines is 1. The first-order valence-electron chi connectivity index (χ1n) is 15.5. The van der Waals surface area contributed by atoms with Crippen LogP contribution >= 0.6 is 0 Å². The van der Waals surface area contributed by atoms with Gasteiger partial charge in [-0.25, -0.2) is 9.18 Å². The number of imide groups is 1. The summed E-state index contributed by atoms with van der Waals surface area (Å²) < 4.78 is 22.1. The second-order valence-electron chi connectivity index (χ2n) is 13.4. The fraction of sp³-hybridized carbons (Fsp3) is 0.485. The maximum atomic E-state index is 14.6. The predicted molar refractivity (Wildman–Crippen MR) is 161 cm³/mol. The van der Waals surface area contributed by atoms with Crippen molar-refractivity contribution >= 4 is 23.6 Å². The van der Waals surface area contributed by atoms with Crippen molar-refractivity contribution in [2.45, 2.75) is 64.0 Å². The van der Waals surface area contributed by atoms with E-state index in [1.54, 1.807) is 29.2 Å². The molecule has 44 heavy (non-hydrogen) atoms. The zero-order valence-electron chi connectivity index (χ0n) is 25.3. The molecule has 0 unspecified atom stereocenters. The maximum Gasteiger partial charge on any atom is 0.410 e. The Morgan fingerprint density at radius 2 is 1.66 bits per heavy atom. The normalized spacial score (nSPS) is 21.9. The van der Waals surface area contributed by atoms with Crippen LogP contribution in [0.5, 0.6) is 0 Å². The first-order valence-corrected chi connectivity index (χ1v) is 15.5. The fourth-order valence-corrected chi connectivity index (χ4v) is 6.50. The molecule has 4 heterocycles. The van der Waals surface area contributed by atoms with Crippen LogP contribution in [0.1, 0.15) is 84.8 Å². The summed E-state index contributed by atoms with van der Waals surface area (Å²) in [5.41, 5.74) is 3.70. The van der Waals surface area contributed by atoms with Crippen molar-refractivity contribution in [1.29, 1.82) is 0 Å². The van der Waals surface area contributed by atoms with E-state index in [-0.39, 0.29) is 29.9 Å². The third-order valence-corrected chi connectivity index (χ3v) is 8.99. The van der Waals surface area contributed by atoms with Crippen molar-refractivity contribution in [2.75, 3.05) is 37.6 Å². The summed E-state index contributed by atoms with van der Waals surface area (Å²) in [5.74, 6) is -0.278. The molecule has 2 aliphatic heterocycles. The number of piperazine rings is 1. The lowest BCUT2D eigenvalue weighted by molar-refractivity contribution is 0.0240. The Balaban J connectivity index is 1.06. The number of ether oxygens (including phenoxy) is 1. The largest absolute Gasteiger partial charge is 0.444 e. The lowest BCUT2D eigenvalue weighted by Gasteiger charge is -2.37. The summed E-state index contributed by atoms with van der Waals surface area (Å²) in [7, 11) is 0. The lowest BCUT2D eigenvalue weighted by atomic mass is 9.80. The number of benzene rings is 1. The number of rotatable bonds is 6. The van der Waals surface area contributed by atoms with Gasteiger partial charge < -0.3 is 14.5 Å². The second kappa shape index (κ2) is 10.7. The van der Waals surface area contributed by atoms with Gasteiger partial charge in [0.15, 0.2) is 0 Å². The molecule has 1 aromatic carbocycles. The van der Waals surface area contributed by atoms with Crippen LogP contribution in [-0.2, 0) is 4.74 Å². The van der Waals surface area contributed by atoms with Crippen LogP contribution in [0.15, 0.2) is 42.7 Å². The second-order valence-corrected chi connectivity index (χ2v) is 13.4. The number of fused-ring (bicyclic) bond motifs is 1. The van der Waals surface area contributed by atoms with E-state index in [1.165, 1.54) is 17.2 Å². The van der Waals surface area contributed by atoms with Crippen molar-refractivity contribution in [2.24, 2.45) is 5.92 Å². The number of nitrogens with zero attached hydrogens (tertiary/aromatic N) is 6. The van der Waals surface area contributed by atoms with Gasteiger partial charge in [-0.2, -0.15) is 5.10 Å². The molecule has 7 rings (SSSR count). The monoisotopic (exact) mass is 600 g/mol. The van der Waals surface area contributed by atoms with Crippen LogP contribution in [0.2, 0.25) is 0 Å². The van der Waals surface area contributed by atoms with E-state index in [0.29, 0.717) is 61.1 Å². The van der Waals surface area contributed by atoms with Crippen molar-refractivity contribution < 1.29 is 23.5 Å². The van der Waals surface area contributed by atoms with Gasteiger partial charge in [-0.1, -0.05) is 12.1 Å². The molecule has 2 aliphatic carbocycles. The average Bonchev–Trinajstić information content (AvgIpc) is 3.68. The SMILES string of the molecule is CC(C)(C)OC(=O)N1CCN(c2cc(F)cnc2-c2cn([C@H]3C[C@H](CN4C(=O)c5ccccc5C4=O)C3)nc2C2CC2)CC1. The van der Waals surface area contributed by atoms with E-state index in [2.05, 4.69) is 9.88 Å². The summed E-state index contributed by atoms with van der Waals surface area (Å²) >= 11 is 0. The highest BCUT2D eigenvalue weighted by atomic mass is 19.1. The minimum absolute atomic E-state index is 0.155. The average molecular weight is 601 g/mol. The molecule has 0 atom stereocenters. The number of hydrogen-bond donors (Lipinski definition) is 0. The molecule has 230 valence electrons. The molecule has 10 nitrogen and oxygen atoms in total. The molecule has 3 amide bonds. The third-order valence-electron chi connectivity index (χ3n) is 8.99. The van der Waals surface area contributed by atoms with Gasteiger partial charge in [-0.05, 0) is 64.5 Å². The van der Waals surface area contributed by atoms with E-state index in [4.69, 9.17) is 9.84 Å². The lowest BCUT2D eigenvalue weighted by Crippen LogP contribution is -2.50. The Morgan fingerprint density at radius 3 is 2.27 bits per heavy atom. The number of carbonyl (C=O) groups excluding carboxylic acids is 3. The standard InChI is InChI=1S/C33H37FN6O4/c1-33(2,3)44-32(43)38-12-10-37(11-13-38)27-16-22(34)17-35-29(27)26-19-40(36-28(26)21-8-9-21)23-14-20(15-23)18-39-30(41)24-6-4-5-7-25(24)31(39)42/h4-7,16-17,19-21,23H,8-15,18H2,1-3H3/t20-,23-. The number of carbonyl (C=O) groups is 3. The van der Waals surface area contributed by atoms with Crippen molar-refractivity contribution in [3.05, 3.63) is 65.4 Å². The maximum absolute atomic E-state index is 14.6. The molecule has 4 aliphatic rings. The number of aromatic nitrogens is 3. The minimum Gasteiger partial charge on any atom is -0.444 e. The number of pyridine rings is 1. The Hall–Kier alpha value is -4.28. The van der Waals surface area contributed by atoms with Crippen LogP contribution in [0.25, 0.3) is 11.3 Å². The van der Waals surface area contributed by atoms with Crippen LogP contribution in [0, 0.1) is 11.7 Å². The van der Waals surface area contributed by atoms with Gasteiger partial charge in [0.05, 0.1) is 40.4 Å². The van der Waals surface area contributed by atoms with Gasteiger partial charge in [0.2, 0.25) is 0 Å². The van der Waals surface area contributed by atoms with E-state index in [1.807, 2.05) is 31.6 Å². The molecule has 3 aromatic rings. The van der Waals surface area contributed by atoms with Gasteiger partial charge in [0.1, 0.15) is 11.4 Å². The van der Waals surface area contributed by atoms with Crippen LogP contribution < -0.4 is 4.90 Å². The number of halogens is 1. The van der Waals surface area contributed by atoms with Gasteiger partial charge in [-0.3, -0.25) is 24.2 Å². The summed E-state index contributed by atoms with van der Waals surface area (Å²) in [4.78, 5) is 48.0. The highest BCUT2D eigenvalue weighted by molar-refractivity contribution is 6.21. The van der Waals surface area contributed by atoms with E-state index in [0.717, 1.165) is 36.9 Å². The zero-order valence-corrected chi connectivity index (χ0v) is 25.3. The highest BCUT2D eigenvalue weighted by Crippen LogP contribution is 2.47. The first-order chi connectivity index (χ1) is 21.1. The molecule has 2 aromatic heterocycles. The Morgan fingerprint density at radius 1 is 1.00 bits per heavy atom. The molecule has 2 saturated carbocycles. The van der Waals surface area contributed by atoms with Crippen molar-refractivity contribution in [1.82, 2.24) is 24.6 Å². The van der Waals surface area contributed by atoms with E-state index >= 15 is 0 Å². The van der Waals surface area contributed by atoms with E-state index in [9.17, 15) is 18.8 Å². The van der Waals surface area contributed by atoms with Gasteiger partial charge in [0, 0.05) is 56.5 Å². The van der Waals surface area contributed by atoms with Gasteiger partial charge >= 0.3 is 6.09 Å². The summed E-state index contributed by atoms with van der Waals surface area (Å²) in [6.45, 7) is 7.96. The molecule has 0 N–H and O–H groups in total. The van der Waals surface area contributed by atoms with Crippen LogP contribution in [-0.4, -0.2) is 80.8 Å². The topological polar surface area (TPSA) is 101 Å². The van der Waals surface area contributed by atoms with Gasteiger partial charge in [-0.15, -0.1) is 0 Å². The van der Waals surface area contributed by atoms with E-state index < -0.39 is 11.4 Å².